The van der Waals surface area contributed by atoms with Crippen molar-refractivity contribution in [1.29, 1.82) is 0 Å². The van der Waals surface area contributed by atoms with E-state index in [1.54, 1.807) is 0 Å². The fourth-order valence-electron chi connectivity index (χ4n) is 1.28. The molecule has 0 saturated carbocycles. The Morgan fingerprint density at radius 2 is 2.70 bits per heavy atom. The molecule has 1 fully saturated rings. The first-order valence-electron chi connectivity index (χ1n) is 3.57. The maximum absolute atomic E-state index is 5.44. The molecule has 0 aliphatic carbocycles. The van der Waals surface area contributed by atoms with Crippen LogP contribution in [-0.2, 0) is 4.74 Å². The molecular weight excluding hydrogens is 128 g/mol. The fourth-order valence-corrected chi connectivity index (χ4v) is 1.28. The molecule has 3 heteroatoms. The molecular formula is C7H10N2O. The van der Waals surface area contributed by atoms with Gasteiger partial charge in [0.15, 0.2) is 0 Å². The Balaban J connectivity index is 2.12. The summed E-state index contributed by atoms with van der Waals surface area (Å²) < 4.78 is 5.44. The largest absolute Gasteiger partial charge is 0.373 e. The summed E-state index contributed by atoms with van der Waals surface area (Å²) in [6.45, 7) is 0.899. The second-order valence-corrected chi connectivity index (χ2v) is 2.53. The molecule has 1 aromatic heterocycles. The molecule has 1 saturated heterocycles. The molecule has 0 spiro atoms. The van der Waals surface area contributed by atoms with E-state index in [1.165, 1.54) is 12.0 Å². The van der Waals surface area contributed by atoms with Crippen LogP contribution in [0.5, 0.6) is 0 Å². The molecule has 1 N–H and O–H groups in total. The Bertz CT molecular complexity index is 189. The van der Waals surface area contributed by atoms with Gasteiger partial charge in [-0.15, -0.1) is 0 Å². The lowest BCUT2D eigenvalue weighted by molar-refractivity contribution is 0.112. The highest BCUT2D eigenvalue weighted by Gasteiger charge is 2.17. The van der Waals surface area contributed by atoms with Crippen molar-refractivity contribution >= 4 is 0 Å². The van der Waals surface area contributed by atoms with Crippen LogP contribution in [0.1, 0.15) is 24.5 Å². The molecule has 0 radical (unpaired) electrons. The van der Waals surface area contributed by atoms with Gasteiger partial charge >= 0.3 is 0 Å². The number of aromatic amines is 1. The number of nitrogens with zero attached hydrogens (tertiary/aromatic N) is 1. The van der Waals surface area contributed by atoms with Gasteiger partial charge in [-0.1, -0.05) is 0 Å². The highest BCUT2D eigenvalue weighted by molar-refractivity contribution is 5.07. The molecule has 54 valence electrons. The van der Waals surface area contributed by atoms with Crippen molar-refractivity contribution in [1.82, 2.24) is 10.2 Å². The summed E-state index contributed by atoms with van der Waals surface area (Å²) in [4.78, 5) is 0. The van der Waals surface area contributed by atoms with Crippen molar-refractivity contribution in [2.75, 3.05) is 6.61 Å². The van der Waals surface area contributed by atoms with E-state index in [2.05, 4.69) is 10.2 Å². The van der Waals surface area contributed by atoms with Crippen molar-refractivity contribution in [3.05, 3.63) is 18.0 Å². The smallest absolute Gasteiger partial charge is 0.0856 e. The first-order chi connectivity index (χ1) is 4.97. The molecule has 2 rings (SSSR count). The van der Waals surface area contributed by atoms with Crippen LogP contribution in [0, 0.1) is 0 Å². The molecule has 1 aliphatic heterocycles. The molecule has 0 amide bonds. The minimum Gasteiger partial charge on any atom is -0.373 e. The summed E-state index contributed by atoms with van der Waals surface area (Å²) in [5.74, 6) is 0. The molecule has 0 aromatic carbocycles. The van der Waals surface area contributed by atoms with Crippen molar-refractivity contribution in [3.8, 4) is 0 Å². The zero-order valence-electron chi connectivity index (χ0n) is 5.71. The van der Waals surface area contributed by atoms with Gasteiger partial charge in [0.2, 0.25) is 0 Å². The van der Waals surface area contributed by atoms with Crippen LogP contribution in [0.2, 0.25) is 0 Å². The summed E-state index contributed by atoms with van der Waals surface area (Å²) in [6.07, 6.45) is 6.35. The third-order valence-electron chi connectivity index (χ3n) is 1.82. The molecule has 2 heterocycles. The zero-order chi connectivity index (χ0) is 6.81. The van der Waals surface area contributed by atoms with E-state index in [9.17, 15) is 0 Å². The van der Waals surface area contributed by atoms with Gasteiger partial charge in [0.05, 0.1) is 12.3 Å². The lowest BCUT2D eigenvalue weighted by Gasteiger charge is -2.03. The van der Waals surface area contributed by atoms with E-state index >= 15 is 0 Å². The Kier molecular flexibility index (Phi) is 1.43. The van der Waals surface area contributed by atoms with Crippen LogP contribution in [0.3, 0.4) is 0 Å². The number of aromatic nitrogens is 2. The van der Waals surface area contributed by atoms with Gasteiger partial charge in [0.25, 0.3) is 0 Å². The molecule has 3 nitrogen and oxygen atoms in total. The fraction of sp³-hybridized carbons (Fsp3) is 0.571. The quantitative estimate of drug-likeness (QED) is 0.634. The van der Waals surface area contributed by atoms with Crippen LogP contribution >= 0.6 is 0 Å². The third-order valence-corrected chi connectivity index (χ3v) is 1.82. The zero-order valence-corrected chi connectivity index (χ0v) is 5.71. The lowest BCUT2D eigenvalue weighted by Crippen LogP contribution is -1.92. The van der Waals surface area contributed by atoms with E-state index in [4.69, 9.17) is 4.74 Å². The topological polar surface area (TPSA) is 37.9 Å². The SMILES string of the molecule is c1n[nH]cc1C1CCCO1. The minimum atomic E-state index is 0.304. The number of hydrogen-bond acceptors (Lipinski definition) is 2. The van der Waals surface area contributed by atoms with E-state index in [0.717, 1.165) is 13.0 Å². The molecule has 1 aromatic rings. The van der Waals surface area contributed by atoms with Gasteiger partial charge in [-0.3, -0.25) is 5.10 Å². The number of ether oxygens (including phenoxy) is 1. The van der Waals surface area contributed by atoms with Gasteiger partial charge in [0, 0.05) is 18.4 Å². The number of H-pyrrole nitrogens is 1. The standard InChI is InChI=1S/C7H10N2O/c1-2-7(10-3-1)6-4-8-9-5-6/h4-5,7H,1-3H2,(H,8,9). The second kappa shape index (κ2) is 2.42. The van der Waals surface area contributed by atoms with E-state index < -0.39 is 0 Å². The number of nitrogens with one attached hydrogen (secondary N) is 1. The van der Waals surface area contributed by atoms with Crippen LogP contribution in [0.4, 0.5) is 0 Å². The average Bonchev–Trinajstić information content (AvgIpc) is 2.59. The summed E-state index contributed by atoms with van der Waals surface area (Å²) in [7, 11) is 0. The highest BCUT2D eigenvalue weighted by Crippen LogP contribution is 2.26. The van der Waals surface area contributed by atoms with Crippen molar-refractivity contribution in [2.45, 2.75) is 18.9 Å². The summed E-state index contributed by atoms with van der Waals surface area (Å²) in [6, 6.07) is 0. The summed E-state index contributed by atoms with van der Waals surface area (Å²) in [5.41, 5.74) is 1.18. The lowest BCUT2D eigenvalue weighted by atomic mass is 10.1. The van der Waals surface area contributed by atoms with Gasteiger partial charge in [0.1, 0.15) is 0 Å². The summed E-state index contributed by atoms with van der Waals surface area (Å²) >= 11 is 0. The van der Waals surface area contributed by atoms with Crippen molar-refractivity contribution in [3.63, 3.8) is 0 Å². The van der Waals surface area contributed by atoms with Crippen molar-refractivity contribution in [2.24, 2.45) is 0 Å². The Labute approximate surface area is 59.4 Å². The Morgan fingerprint density at radius 1 is 1.70 bits per heavy atom. The van der Waals surface area contributed by atoms with E-state index in [0.29, 0.717) is 6.10 Å². The third kappa shape index (κ3) is 0.926. The van der Waals surface area contributed by atoms with Crippen LogP contribution in [0.15, 0.2) is 12.4 Å². The molecule has 1 aliphatic rings. The van der Waals surface area contributed by atoms with Crippen LogP contribution in [0.25, 0.3) is 0 Å². The minimum absolute atomic E-state index is 0.304. The average molecular weight is 138 g/mol. The van der Waals surface area contributed by atoms with Gasteiger partial charge in [-0.2, -0.15) is 5.10 Å². The normalized spacial score (nSPS) is 25.4. The van der Waals surface area contributed by atoms with Crippen molar-refractivity contribution < 1.29 is 4.74 Å². The first-order valence-corrected chi connectivity index (χ1v) is 3.57. The van der Waals surface area contributed by atoms with E-state index in [1.807, 2.05) is 12.4 Å². The van der Waals surface area contributed by atoms with E-state index in [-0.39, 0.29) is 0 Å². The maximum atomic E-state index is 5.44. The maximum Gasteiger partial charge on any atom is 0.0856 e. The van der Waals surface area contributed by atoms with Gasteiger partial charge in [-0.25, -0.2) is 0 Å². The van der Waals surface area contributed by atoms with Gasteiger partial charge < -0.3 is 4.74 Å². The van der Waals surface area contributed by atoms with Crippen LogP contribution in [-0.4, -0.2) is 16.8 Å². The molecule has 1 unspecified atom stereocenters. The Morgan fingerprint density at radius 3 is 3.30 bits per heavy atom. The Hall–Kier alpha value is -0.830. The highest BCUT2D eigenvalue weighted by atomic mass is 16.5. The number of hydrogen-bond donors (Lipinski definition) is 1. The second-order valence-electron chi connectivity index (χ2n) is 2.53. The predicted molar refractivity (Wildman–Crippen MR) is 36.5 cm³/mol. The van der Waals surface area contributed by atoms with Gasteiger partial charge in [-0.05, 0) is 12.8 Å². The monoisotopic (exact) mass is 138 g/mol. The molecule has 1 atom stereocenters. The van der Waals surface area contributed by atoms with Crippen LogP contribution < -0.4 is 0 Å². The molecule has 10 heavy (non-hydrogen) atoms. The first kappa shape index (κ1) is 5.92. The predicted octanol–water partition coefficient (Wildman–Crippen LogP) is 1.26. The summed E-state index contributed by atoms with van der Waals surface area (Å²) in [5, 5.41) is 6.64. The number of rotatable bonds is 1. The molecule has 0 bridgehead atoms.